The monoisotopic (exact) mass is 577 g/mol. The van der Waals surface area contributed by atoms with Crippen LogP contribution in [-0.2, 0) is 17.9 Å². The molecule has 3 heteroatoms. The van der Waals surface area contributed by atoms with Gasteiger partial charge in [-0.15, -0.1) is 0 Å². The molecule has 44 heavy (non-hydrogen) atoms. The number of benzene rings is 5. The van der Waals surface area contributed by atoms with Crippen molar-refractivity contribution in [3.63, 3.8) is 0 Å². The summed E-state index contributed by atoms with van der Waals surface area (Å²) in [4.78, 5) is 4.75. The van der Waals surface area contributed by atoms with Crippen LogP contribution in [0, 0.1) is 11.8 Å². The van der Waals surface area contributed by atoms with Crippen LogP contribution in [0.15, 0.2) is 121 Å². The molecule has 3 unspecified atom stereocenters. The van der Waals surface area contributed by atoms with Crippen LogP contribution in [0.1, 0.15) is 49.0 Å². The maximum Gasteiger partial charge on any atom is 0.135 e. The highest BCUT2D eigenvalue weighted by molar-refractivity contribution is 6.02. The Hall–Kier alpha value is -4.05. The van der Waals surface area contributed by atoms with Gasteiger partial charge in [-0.2, -0.15) is 0 Å². The number of hydrogen-bond donors (Lipinski definition) is 0. The van der Waals surface area contributed by atoms with E-state index < -0.39 is 0 Å². The minimum absolute atomic E-state index is 0.0232. The van der Waals surface area contributed by atoms with Crippen LogP contribution in [0.2, 0.25) is 0 Å². The second-order valence-electron chi connectivity index (χ2n) is 13.2. The molecule has 3 saturated heterocycles. The molecule has 9 rings (SSSR count). The largest absolute Gasteiger partial charge is 0.363 e. The molecule has 1 aromatic heterocycles. The summed E-state index contributed by atoms with van der Waals surface area (Å²) in [5.41, 5.74) is 5.06. The molecule has 3 fully saturated rings. The number of aromatic nitrogens is 1. The molecule has 3 nitrogen and oxygen atoms in total. The molecule has 0 aliphatic carbocycles. The lowest BCUT2D eigenvalue weighted by Gasteiger charge is -2.59. The van der Waals surface area contributed by atoms with Gasteiger partial charge in [0.2, 0.25) is 0 Å². The van der Waals surface area contributed by atoms with Crippen LogP contribution in [0.5, 0.6) is 0 Å². The lowest BCUT2D eigenvalue weighted by molar-refractivity contribution is -0.985. The summed E-state index contributed by atoms with van der Waals surface area (Å²) >= 11 is 0. The fraction of sp³-hybridized carbons (Fsp3) is 0.293. The smallest absolute Gasteiger partial charge is 0.135 e. The molecule has 6 aromatic rings. The third kappa shape index (κ3) is 4.80. The number of quaternary nitrogens is 1. The third-order valence-corrected chi connectivity index (χ3v) is 10.9. The van der Waals surface area contributed by atoms with Crippen LogP contribution >= 0.6 is 0 Å². The zero-order chi connectivity index (χ0) is 29.5. The Morgan fingerprint density at radius 1 is 0.795 bits per heavy atom. The van der Waals surface area contributed by atoms with Crippen LogP contribution in [0.4, 0.5) is 0 Å². The summed E-state index contributed by atoms with van der Waals surface area (Å²) < 4.78 is 8.26. The van der Waals surface area contributed by atoms with Crippen molar-refractivity contribution < 1.29 is 9.22 Å². The highest BCUT2D eigenvalue weighted by Gasteiger charge is 2.55. The molecular weight excluding hydrogens is 536 g/mol. The number of hydrogen-bond acceptors (Lipinski definition) is 2. The van der Waals surface area contributed by atoms with Crippen molar-refractivity contribution in [2.75, 3.05) is 13.1 Å². The van der Waals surface area contributed by atoms with Crippen molar-refractivity contribution in [3.05, 3.63) is 138 Å². The number of para-hydroxylation sites is 1. The molecule has 0 saturated carbocycles. The van der Waals surface area contributed by atoms with E-state index in [1.54, 1.807) is 0 Å². The standard InChI is InChI=1S/C41H41N2O/c1-2-30-26-43(27-38-34-16-8-6-14-32(34)24-33-15-7-9-17-35(33)38)23-21-31(30)25-40(43)41(44-28-29-12-4-3-5-13-29)37-20-22-42-39-19-11-10-18-36(37)39/h3-20,22,24,30-31,40-41H,2,21,23,25-28H2,1H3/q+1/t30?,31?,40-,41+,43?/m0/s1. The highest BCUT2D eigenvalue weighted by Crippen LogP contribution is 2.50. The summed E-state index contributed by atoms with van der Waals surface area (Å²) in [7, 11) is 0. The van der Waals surface area contributed by atoms with E-state index in [9.17, 15) is 0 Å². The molecule has 5 aromatic carbocycles. The van der Waals surface area contributed by atoms with Gasteiger partial charge in [0.15, 0.2) is 0 Å². The first-order valence-electron chi connectivity index (χ1n) is 16.5. The van der Waals surface area contributed by atoms with Gasteiger partial charge in [0.25, 0.3) is 0 Å². The molecule has 3 aliphatic rings. The fourth-order valence-corrected chi connectivity index (χ4v) is 8.77. The fourth-order valence-electron chi connectivity index (χ4n) is 8.77. The minimum Gasteiger partial charge on any atom is -0.363 e. The van der Waals surface area contributed by atoms with Gasteiger partial charge in [0.05, 0.1) is 25.2 Å². The van der Waals surface area contributed by atoms with Crippen LogP contribution in [0.25, 0.3) is 32.4 Å². The van der Waals surface area contributed by atoms with Crippen LogP contribution in [0.3, 0.4) is 0 Å². The number of pyridine rings is 1. The Bertz CT molecular complexity index is 1880. The molecular formula is C41H41N2O+. The highest BCUT2D eigenvalue weighted by atomic mass is 16.5. The quantitative estimate of drug-likeness (QED) is 0.133. The van der Waals surface area contributed by atoms with E-state index in [2.05, 4.69) is 122 Å². The van der Waals surface area contributed by atoms with Gasteiger partial charge >= 0.3 is 0 Å². The van der Waals surface area contributed by atoms with Gasteiger partial charge in [-0.25, -0.2) is 0 Å². The molecule has 3 aliphatic heterocycles. The number of nitrogens with zero attached hydrogens (tertiary/aromatic N) is 2. The van der Waals surface area contributed by atoms with E-state index in [1.165, 1.54) is 76.0 Å². The second-order valence-corrected chi connectivity index (χ2v) is 13.2. The van der Waals surface area contributed by atoms with Crippen molar-refractivity contribution in [1.29, 1.82) is 0 Å². The van der Waals surface area contributed by atoms with Crippen molar-refractivity contribution in [2.45, 2.75) is 51.5 Å². The van der Waals surface area contributed by atoms with Crippen molar-refractivity contribution in [1.82, 2.24) is 4.98 Å². The zero-order valence-electron chi connectivity index (χ0n) is 25.6. The summed E-state index contributed by atoms with van der Waals surface area (Å²) in [6.07, 6.45) is 5.73. The molecule has 0 radical (unpaired) electrons. The Kier molecular flexibility index (Phi) is 7.16. The van der Waals surface area contributed by atoms with Gasteiger partial charge in [-0.05, 0) is 63.2 Å². The van der Waals surface area contributed by atoms with Gasteiger partial charge < -0.3 is 9.22 Å². The molecule has 220 valence electrons. The average Bonchev–Trinajstić information content (AvgIpc) is 3.09. The summed E-state index contributed by atoms with van der Waals surface area (Å²) in [6.45, 7) is 6.47. The van der Waals surface area contributed by atoms with E-state index in [4.69, 9.17) is 9.72 Å². The van der Waals surface area contributed by atoms with E-state index in [1.807, 2.05) is 6.20 Å². The van der Waals surface area contributed by atoms with E-state index in [-0.39, 0.29) is 6.10 Å². The van der Waals surface area contributed by atoms with Gasteiger partial charge in [0, 0.05) is 35.9 Å². The minimum atomic E-state index is -0.0232. The predicted octanol–water partition coefficient (Wildman–Crippen LogP) is 9.63. The molecule has 0 spiro atoms. The number of ether oxygens (including phenoxy) is 1. The molecule has 5 atom stereocenters. The summed E-state index contributed by atoms with van der Waals surface area (Å²) in [6, 6.07) is 42.3. The van der Waals surface area contributed by atoms with Crippen molar-refractivity contribution in [3.8, 4) is 0 Å². The van der Waals surface area contributed by atoms with E-state index in [0.717, 1.165) is 28.4 Å². The normalized spacial score (nSPS) is 23.8. The Labute approximate surface area is 260 Å². The summed E-state index contributed by atoms with van der Waals surface area (Å²) in [5.74, 6) is 1.51. The Balaban J connectivity index is 1.29. The van der Waals surface area contributed by atoms with E-state index in [0.29, 0.717) is 12.6 Å². The van der Waals surface area contributed by atoms with Gasteiger partial charge in [-0.1, -0.05) is 104 Å². The Morgan fingerprint density at radius 3 is 2.23 bits per heavy atom. The lowest BCUT2D eigenvalue weighted by atomic mass is 9.70. The SMILES string of the molecule is CCC1C[N+]2(Cc3c4ccccc4cc4ccccc34)CCC1C[C@H]2[C@H](OCc1ccccc1)c1ccnc2ccccc12. The first kappa shape index (κ1) is 27.5. The molecule has 2 bridgehead atoms. The topological polar surface area (TPSA) is 22.1 Å². The third-order valence-electron chi connectivity index (χ3n) is 10.9. The maximum absolute atomic E-state index is 7.18. The first-order valence-corrected chi connectivity index (χ1v) is 16.5. The summed E-state index contributed by atoms with van der Waals surface area (Å²) in [5, 5.41) is 6.69. The Morgan fingerprint density at radius 2 is 1.48 bits per heavy atom. The zero-order valence-corrected chi connectivity index (χ0v) is 25.6. The van der Waals surface area contributed by atoms with E-state index >= 15 is 0 Å². The predicted molar refractivity (Wildman–Crippen MR) is 181 cm³/mol. The van der Waals surface area contributed by atoms with Crippen LogP contribution in [-0.4, -0.2) is 28.6 Å². The average molecular weight is 578 g/mol. The molecule has 0 amide bonds. The van der Waals surface area contributed by atoms with Crippen LogP contribution < -0.4 is 0 Å². The van der Waals surface area contributed by atoms with Gasteiger partial charge in [0.1, 0.15) is 18.7 Å². The second kappa shape index (κ2) is 11.5. The molecule has 4 heterocycles. The van der Waals surface area contributed by atoms with Crippen molar-refractivity contribution >= 4 is 32.4 Å². The first-order chi connectivity index (χ1) is 21.7. The number of piperidine rings is 3. The lowest BCUT2D eigenvalue weighted by Crippen LogP contribution is -2.67. The number of fused-ring (bicyclic) bond motifs is 6. The maximum atomic E-state index is 7.18. The van der Waals surface area contributed by atoms with Crippen molar-refractivity contribution in [2.24, 2.45) is 11.8 Å². The number of rotatable bonds is 8. The van der Waals surface area contributed by atoms with Gasteiger partial charge in [-0.3, -0.25) is 4.98 Å². The molecule has 0 N–H and O–H groups in total.